The van der Waals surface area contributed by atoms with Gasteiger partial charge in [0.2, 0.25) is 0 Å². The highest BCUT2D eigenvalue weighted by Crippen LogP contribution is 2.27. The number of alkyl halides is 1. The molecule has 0 bridgehead atoms. The van der Waals surface area contributed by atoms with Crippen molar-refractivity contribution in [3.05, 3.63) is 35.4 Å². The van der Waals surface area contributed by atoms with E-state index in [0.717, 1.165) is 24.5 Å². The van der Waals surface area contributed by atoms with Crippen molar-refractivity contribution >= 4 is 25.8 Å². The third-order valence-electron chi connectivity index (χ3n) is 1.74. The van der Waals surface area contributed by atoms with Gasteiger partial charge in [0.05, 0.1) is 10.6 Å². The van der Waals surface area contributed by atoms with Crippen LogP contribution in [-0.2, 0) is 9.84 Å². The predicted octanol–water partition coefficient (Wildman–Crippen LogP) is 2.45. The summed E-state index contributed by atoms with van der Waals surface area (Å²) in [6, 6.07) is 2.94. The highest BCUT2D eigenvalue weighted by Gasteiger charge is 2.18. The highest BCUT2D eigenvalue weighted by atomic mass is 79.9. The van der Waals surface area contributed by atoms with Gasteiger partial charge in [0.15, 0.2) is 0 Å². The number of hydrogen-bond acceptors (Lipinski definition) is 2. The van der Waals surface area contributed by atoms with Gasteiger partial charge in [-0.15, -0.1) is 0 Å². The second-order valence-corrected chi connectivity index (χ2v) is 6.52. The zero-order chi connectivity index (χ0) is 11.6. The Kier molecular flexibility index (Phi) is 3.83. The SMILES string of the molecule is CS(=O)(=O)CC(Br)c1cc(F)ccc1F. The summed E-state index contributed by atoms with van der Waals surface area (Å²) in [5.41, 5.74) is 0.0143. The molecule has 1 aromatic carbocycles. The van der Waals surface area contributed by atoms with Crippen molar-refractivity contribution in [3.8, 4) is 0 Å². The van der Waals surface area contributed by atoms with Crippen molar-refractivity contribution < 1.29 is 17.2 Å². The molecule has 0 aromatic heterocycles. The summed E-state index contributed by atoms with van der Waals surface area (Å²) in [6.07, 6.45) is 1.04. The Morgan fingerprint density at radius 2 is 2.00 bits per heavy atom. The van der Waals surface area contributed by atoms with E-state index in [1.165, 1.54) is 0 Å². The minimum atomic E-state index is -3.24. The van der Waals surface area contributed by atoms with Crippen molar-refractivity contribution in [1.82, 2.24) is 0 Å². The summed E-state index contributed by atoms with van der Waals surface area (Å²) < 4.78 is 47.9. The molecule has 1 atom stereocenters. The first-order valence-corrected chi connectivity index (χ1v) is 7.04. The van der Waals surface area contributed by atoms with Crippen molar-refractivity contribution in [2.45, 2.75) is 4.83 Å². The molecule has 0 saturated heterocycles. The average Bonchev–Trinajstić information content (AvgIpc) is 2.06. The molecule has 0 aliphatic rings. The fourth-order valence-electron chi connectivity index (χ4n) is 1.11. The lowest BCUT2D eigenvalue weighted by molar-refractivity contribution is 0.582. The summed E-state index contributed by atoms with van der Waals surface area (Å²) >= 11 is 3.02. The summed E-state index contributed by atoms with van der Waals surface area (Å²) in [7, 11) is -3.24. The summed E-state index contributed by atoms with van der Waals surface area (Å²) in [5, 5.41) is 0. The van der Waals surface area contributed by atoms with Crippen LogP contribution in [0.5, 0.6) is 0 Å². The first-order valence-electron chi connectivity index (χ1n) is 4.06. The molecule has 0 radical (unpaired) electrons. The lowest BCUT2D eigenvalue weighted by atomic mass is 10.1. The summed E-state index contributed by atoms with van der Waals surface area (Å²) in [5.74, 6) is -1.49. The molecule has 0 amide bonds. The van der Waals surface area contributed by atoms with Gasteiger partial charge in [0.1, 0.15) is 21.5 Å². The Morgan fingerprint density at radius 1 is 1.40 bits per heavy atom. The van der Waals surface area contributed by atoms with Gasteiger partial charge in [-0.3, -0.25) is 0 Å². The smallest absolute Gasteiger partial charge is 0.148 e. The molecular weight excluding hydrogens is 290 g/mol. The molecule has 0 spiro atoms. The molecule has 15 heavy (non-hydrogen) atoms. The van der Waals surface area contributed by atoms with E-state index in [1.807, 2.05) is 0 Å². The maximum absolute atomic E-state index is 13.2. The molecule has 0 heterocycles. The van der Waals surface area contributed by atoms with Gasteiger partial charge >= 0.3 is 0 Å². The summed E-state index contributed by atoms with van der Waals surface area (Å²) in [4.78, 5) is -0.733. The second-order valence-electron chi connectivity index (χ2n) is 3.23. The van der Waals surface area contributed by atoms with Crippen LogP contribution in [0.15, 0.2) is 18.2 Å². The number of benzene rings is 1. The van der Waals surface area contributed by atoms with E-state index in [4.69, 9.17) is 0 Å². The highest BCUT2D eigenvalue weighted by molar-refractivity contribution is 9.09. The van der Waals surface area contributed by atoms with Crippen LogP contribution >= 0.6 is 15.9 Å². The van der Waals surface area contributed by atoms with Crippen molar-refractivity contribution in [1.29, 1.82) is 0 Å². The zero-order valence-electron chi connectivity index (χ0n) is 7.88. The molecule has 0 fully saturated rings. The third-order valence-corrected chi connectivity index (χ3v) is 3.93. The van der Waals surface area contributed by atoms with Gasteiger partial charge in [-0.05, 0) is 18.2 Å². The third kappa shape index (κ3) is 3.87. The average molecular weight is 299 g/mol. The van der Waals surface area contributed by atoms with E-state index in [9.17, 15) is 17.2 Å². The van der Waals surface area contributed by atoms with E-state index in [1.54, 1.807) is 0 Å². The summed E-state index contributed by atoms with van der Waals surface area (Å²) in [6.45, 7) is 0. The monoisotopic (exact) mass is 298 g/mol. The van der Waals surface area contributed by atoms with Crippen LogP contribution in [0.2, 0.25) is 0 Å². The first kappa shape index (κ1) is 12.6. The van der Waals surface area contributed by atoms with Crippen LogP contribution in [-0.4, -0.2) is 20.4 Å². The predicted molar refractivity (Wildman–Crippen MR) is 57.7 cm³/mol. The van der Waals surface area contributed by atoms with Crippen molar-refractivity contribution in [3.63, 3.8) is 0 Å². The van der Waals surface area contributed by atoms with Crippen LogP contribution in [0, 0.1) is 11.6 Å². The number of hydrogen-bond donors (Lipinski definition) is 0. The molecule has 0 aliphatic carbocycles. The van der Waals surface area contributed by atoms with E-state index >= 15 is 0 Å². The Bertz CT molecular complexity index is 459. The van der Waals surface area contributed by atoms with Gasteiger partial charge in [-0.2, -0.15) is 0 Å². The lowest BCUT2D eigenvalue weighted by Crippen LogP contribution is -2.10. The standard InChI is InChI=1S/C9H9BrF2O2S/c1-15(13,14)5-8(10)7-4-6(11)2-3-9(7)12/h2-4,8H,5H2,1H3. The molecule has 1 unspecified atom stereocenters. The molecule has 1 rings (SSSR count). The van der Waals surface area contributed by atoms with Crippen LogP contribution in [0.25, 0.3) is 0 Å². The normalized spacial score (nSPS) is 13.9. The second kappa shape index (κ2) is 4.57. The van der Waals surface area contributed by atoms with Crippen LogP contribution in [0.4, 0.5) is 8.78 Å². The minimum Gasteiger partial charge on any atom is -0.229 e. The first-order chi connectivity index (χ1) is 6.79. The maximum Gasteiger partial charge on any atom is 0.148 e. The lowest BCUT2D eigenvalue weighted by Gasteiger charge is -2.09. The Hall–Kier alpha value is -0.490. The minimum absolute atomic E-state index is 0.0143. The van der Waals surface area contributed by atoms with Crippen LogP contribution in [0.1, 0.15) is 10.4 Å². The molecule has 2 nitrogen and oxygen atoms in total. The van der Waals surface area contributed by atoms with Crippen molar-refractivity contribution in [2.75, 3.05) is 12.0 Å². The van der Waals surface area contributed by atoms with E-state index < -0.39 is 26.3 Å². The van der Waals surface area contributed by atoms with Crippen LogP contribution in [0.3, 0.4) is 0 Å². The zero-order valence-corrected chi connectivity index (χ0v) is 10.3. The maximum atomic E-state index is 13.2. The molecule has 0 saturated carbocycles. The number of sulfone groups is 1. The Labute approximate surface area is 95.4 Å². The largest absolute Gasteiger partial charge is 0.229 e. The van der Waals surface area contributed by atoms with Gasteiger partial charge in [0, 0.05) is 11.8 Å². The molecule has 0 N–H and O–H groups in total. The fraction of sp³-hybridized carbons (Fsp3) is 0.333. The van der Waals surface area contributed by atoms with Gasteiger partial charge in [0.25, 0.3) is 0 Å². The molecular formula is C9H9BrF2O2S. The van der Waals surface area contributed by atoms with Crippen LogP contribution < -0.4 is 0 Å². The number of rotatable bonds is 3. The Balaban J connectivity index is 3.00. The molecule has 1 aromatic rings. The van der Waals surface area contributed by atoms with Crippen molar-refractivity contribution in [2.24, 2.45) is 0 Å². The van der Waals surface area contributed by atoms with E-state index in [-0.39, 0.29) is 11.3 Å². The molecule has 84 valence electrons. The van der Waals surface area contributed by atoms with Gasteiger partial charge < -0.3 is 0 Å². The topological polar surface area (TPSA) is 34.1 Å². The van der Waals surface area contributed by atoms with Gasteiger partial charge in [-0.25, -0.2) is 17.2 Å². The quantitative estimate of drug-likeness (QED) is 0.803. The Morgan fingerprint density at radius 3 is 2.53 bits per heavy atom. The fourth-order valence-corrected chi connectivity index (χ4v) is 3.61. The van der Waals surface area contributed by atoms with E-state index in [0.29, 0.717) is 0 Å². The van der Waals surface area contributed by atoms with Gasteiger partial charge in [-0.1, -0.05) is 15.9 Å². The number of halogens is 3. The molecule has 6 heteroatoms. The molecule has 0 aliphatic heterocycles. The van der Waals surface area contributed by atoms with E-state index in [2.05, 4.69) is 15.9 Å².